The normalized spacial score (nSPS) is 14.0. The third kappa shape index (κ3) is 31.3. The number of anilines is 1. The van der Waals surface area contributed by atoms with E-state index in [1.54, 1.807) is 0 Å². The number of nitrogens with one attached hydrogen (secondary N) is 3. The number of aromatic nitrogens is 5. The number of carbonyl (C=O) groups is 1. The Bertz CT molecular complexity index is 6500. The van der Waals surface area contributed by atoms with Crippen LogP contribution < -0.4 is 30.2 Å². The van der Waals surface area contributed by atoms with E-state index in [0.29, 0.717) is 30.4 Å². The highest BCUT2D eigenvalue weighted by molar-refractivity contribution is 6.31. The van der Waals surface area contributed by atoms with Crippen LogP contribution in [0.3, 0.4) is 0 Å². The summed E-state index contributed by atoms with van der Waals surface area (Å²) in [7, 11) is 6.49. The fraction of sp³-hybridized carbons (Fsp3) is 0.248. The summed E-state index contributed by atoms with van der Waals surface area (Å²) >= 11 is 23.8. The number of fused-ring (bicyclic) bond motifs is 1. The van der Waals surface area contributed by atoms with Gasteiger partial charge in [0.05, 0.1) is 11.3 Å². The lowest BCUT2D eigenvalue weighted by molar-refractivity contribution is 0.0813. The molecule has 698 valence electrons. The molecule has 21 heteroatoms. The molecule has 0 atom stereocenters. The Balaban J connectivity index is 0.000000140. The van der Waals surface area contributed by atoms with Crippen molar-refractivity contribution < 1.29 is 19.0 Å². The maximum Gasteiger partial charge on any atom is 0.255 e. The summed E-state index contributed by atoms with van der Waals surface area (Å²) in [6, 6.07) is 91.1. The lowest BCUT2D eigenvalue weighted by Gasteiger charge is -2.45. The zero-order valence-electron chi connectivity index (χ0n) is 78.4. The summed E-state index contributed by atoms with van der Waals surface area (Å²) in [6.07, 6.45) is 15.2. The highest BCUT2D eigenvalue weighted by Crippen LogP contribution is 2.33. The molecule has 5 aromatic heterocycles. The van der Waals surface area contributed by atoms with Gasteiger partial charge in [0.15, 0.2) is 0 Å². The van der Waals surface area contributed by atoms with E-state index in [9.17, 15) is 4.79 Å². The smallest absolute Gasteiger partial charge is 0.255 e. The molecule has 138 heavy (non-hydrogen) atoms. The van der Waals surface area contributed by atoms with Gasteiger partial charge < -0.3 is 40.0 Å². The summed E-state index contributed by atoms with van der Waals surface area (Å²) < 4.78 is 18.0. The molecule has 0 saturated carbocycles. The van der Waals surface area contributed by atoms with Crippen LogP contribution in [0.1, 0.15) is 104 Å². The van der Waals surface area contributed by atoms with Crippen molar-refractivity contribution in [2.24, 2.45) is 5.92 Å². The first kappa shape index (κ1) is 99.1. The molecule has 3 fully saturated rings. The minimum absolute atomic E-state index is 0.00284. The van der Waals surface area contributed by atoms with Crippen LogP contribution in [0.15, 0.2) is 310 Å². The van der Waals surface area contributed by atoms with Crippen molar-refractivity contribution in [3.05, 3.63) is 398 Å². The number of benzene rings is 9. The first-order valence-electron chi connectivity index (χ1n) is 46.9. The number of likely N-dealkylation sites (N-methyl/N-ethyl adjacent to an activating group) is 1. The average molecular weight is 1910 g/mol. The van der Waals surface area contributed by atoms with E-state index < -0.39 is 0 Å². The molecule has 3 N–H and O–H groups in total. The van der Waals surface area contributed by atoms with Gasteiger partial charge in [-0.2, -0.15) is 0 Å². The number of ether oxygens (including phenoxy) is 3. The SMILES string of the molecule is CN(C)CC1CCN(CCOc2ccc(C#Cc3ccc(-c4ccc(Cl)cc4)cn3)cc2)CC1.CN1CCN(CCOc2ccc(C#Cc3ccc(-c4ccc(Cl)cc4)cn3)cc2)CC1.Cc1cc(C#Cc2ccc(-c3ccc(Cl)cc3)cn2)ccc1OCCN1CCC2(CC1)NC(=O)c1ccccc1N2.Clc1ccc(-c2ccc(C#CCCc3ccc(CNCc4ccccn4)cc3)nc2)cc1. The van der Waals surface area contributed by atoms with Crippen LogP contribution in [0.25, 0.3) is 44.5 Å². The van der Waals surface area contributed by atoms with Crippen molar-refractivity contribution in [2.45, 2.75) is 64.2 Å². The summed E-state index contributed by atoms with van der Waals surface area (Å²) in [5.74, 6) is 28.8. The number of carbonyl (C=O) groups excluding carboxylic acids is 1. The molecule has 1 amide bonds. The van der Waals surface area contributed by atoms with E-state index in [1.807, 2.05) is 293 Å². The van der Waals surface area contributed by atoms with E-state index in [0.717, 1.165) is 237 Å². The van der Waals surface area contributed by atoms with Crippen molar-refractivity contribution in [3.8, 4) is 109 Å². The minimum atomic E-state index is -0.371. The highest BCUT2D eigenvalue weighted by atomic mass is 35.5. The predicted molar refractivity (Wildman–Crippen MR) is 561 cm³/mol. The zero-order chi connectivity index (χ0) is 95.5. The number of hydrogen-bond acceptors (Lipinski definition) is 16. The van der Waals surface area contributed by atoms with Crippen LogP contribution in [0.2, 0.25) is 20.1 Å². The molecule has 0 radical (unpaired) electrons. The maximum atomic E-state index is 12.6. The standard InChI is InChI=1S/C34H31ClN4O2.C29H32ClN3O.C28H24ClN3.C26H26ClN3O/c1-24-22-25(6-13-29-14-10-27(23-36-29)26-8-11-28(35)12-9-26)7-15-32(24)41-21-20-39-18-16-34(17-19-39)37-31-5-3-2-4-30(31)33(40)38-34;1-32(2)22-24-15-17-33(18-16-24)19-20-34-29-13-4-23(5-14-29)3-11-28-12-8-26(21-31-28)25-6-9-27(30)10-7-25;29-26-15-12-24(13-16-26)25-14-17-27(32-20-25)6-2-1-5-22-8-10-23(11-9-22)19-30-21-28-7-3-4-18-31-28;1-29-14-16-30(17-15-29)18-19-31-26-12-3-21(4-13-26)2-10-25-11-7-23(20-28-25)22-5-8-24(27)9-6-22/h2-5,7-12,14-15,22-23,37H,16-21H2,1H3,(H,38,40);4-10,12-14,21,24H,15-20,22H2,1-2H3;3-4,7-18,20,30H,1,5,19,21H2;3-9,11-13,20H,14-19H2,1H3. The van der Waals surface area contributed by atoms with Gasteiger partial charge in [-0.05, 0) is 293 Å². The average Bonchev–Trinajstić information content (AvgIpc) is 0.770. The number of rotatable bonds is 24. The molecule has 18 rings (SSSR count). The molecular formula is C117H113Cl4N13O4. The molecule has 0 unspecified atom stereocenters. The molecule has 9 heterocycles. The van der Waals surface area contributed by atoms with Crippen LogP contribution in [0.5, 0.6) is 17.2 Å². The molecular weight excluding hydrogens is 1790 g/mol. The van der Waals surface area contributed by atoms with Crippen molar-refractivity contribution in [3.63, 3.8) is 0 Å². The first-order chi connectivity index (χ1) is 67.4. The largest absolute Gasteiger partial charge is 0.492 e. The van der Waals surface area contributed by atoms with Crippen molar-refractivity contribution in [2.75, 3.05) is 125 Å². The Morgan fingerprint density at radius 1 is 0.420 bits per heavy atom. The minimum Gasteiger partial charge on any atom is -0.492 e. The van der Waals surface area contributed by atoms with Crippen molar-refractivity contribution in [1.82, 2.24) is 60.1 Å². The molecule has 14 aromatic rings. The Kier molecular flexibility index (Phi) is 36.7. The molecule has 4 aliphatic heterocycles. The summed E-state index contributed by atoms with van der Waals surface area (Å²) in [5.41, 5.74) is 20.2. The lowest BCUT2D eigenvalue weighted by atomic mass is 9.92. The topological polar surface area (TPSA) is 162 Å². The second-order valence-electron chi connectivity index (χ2n) is 34.9. The quantitative estimate of drug-likeness (QED) is 0.0490. The molecule has 0 bridgehead atoms. The summed E-state index contributed by atoms with van der Waals surface area (Å²) in [4.78, 5) is 46.8. The number of pyridine rings is 5. The van der Waals surface area contributed by atoms with Crippen LogP contribution >= 0.6 is 46.4 Å². The molecule has 17 nitrogen and oxygen atoms in total. The third-order valence-electron chi connectivity index (χ3n) is 24.3. The van der Waals surface area contributed by atoms with Gasteiger partial charge in [-0.1, -0.05) is 185 Å². The molecule has 9 aromatic carbocycles. The van der Waals surface area contributed by atoms with Gasteiger partial charge in [0.1, 0.15) is 65.5 Å². The monoisotopic (exact) mass is 1900 g/mol. The summed E-state index contributed by atoms with van der Waals surface area (Å²) in [6.45, 7) is 18.3. The number of para-hydroxylation sites is 1. The number of amides is 1. The highest BCUT2D eigenvalue weighted by Gasteiger charge is 2.40. The van der Waals surface area contributed by atoms with Crippen LogP contribution in [-0.2, 0) is 19.5 Å². The zero-order valence-corrected chi connectivity index (χ0v) is 81.4. The second-order valence-corrected chi connectivity index (χ2v) is 36.6. The third-order valence-corrected chi connectivity index (χ3v) is 25.4. The molecule has 3 saturated heterocycles. The van der Waals surface area contributed by atoms with E-state index in [1.165, 1.54) is 43.6 Å². The van der Waals surface area contributed by atoms with Gasteiger partial charge in [-0.3, -0.25) is 24.5 Å². The van der Waals surface area contributed by atoms with E-state index in [2.05, 4.69) is 158 Å². The van der Waals surface area contributed by atoms with E-state index in [-0.39, 0.29) is 11.6 Å². The second kappa shape index (κ2) is 51.1. The number of halogens is 4. The Hall–Kier alpha value is -13.4. The molecule has 0 aliphatic carbocycles. The van der Waals surface area contributed by atoms with Gasteiger partial charge in [0.25, 0.3) is 5.91 Å². The Labute approximate surface area is 832 Å². The predicted octanol–water partition coefficient (Wildman–Crippen LogP) is 22.1. The van der Waals surface area contributed by atoms with Crippen molar-refractivity contribution >= 4 is 58.0 Å². The van der Waals surface area contributed by atoms with E-state index in [4.69, 9.17) is 60.6 Å². The van der Waals surface area contributed by atoms with Gasteiger partial charge in [0.2, 0.25) is 0 Å². The number of nitrogens with zero attached hydrogens (tertiary/aromatic N) is 10. The molecule has 1 spiro atoms. The Morgan fingerprint density at radius 2 is 0.848 bits per heavy atom. The lowest BCUT2D eigenvalue weighted by Crippen LogP contribution is -2.62. The number of hydrogen-bond donors (Lipinski definition) is 3. The van der Waals surface area contributed by atoms with Gasteiger partial charge >= 0.3 is 0 Å². The van der Waals surface area contributed by atoms with Crippen molar-refractivity contribution in [1.29, 1.82) is 0 Å². The van der Waals surface area contributed by atoms with Gasteiger partial charge in [0, 0.05) is 194 Å². The van der Waals surface area contributed by atoms with E-state index >= 15 is 0 Å². The summed E-state index contributed by atoms with van der Waals surface area (Å²) in [5, 5.41) is 13.1. The van der Waals surface area contributed by atoms with Gasteiger partial charge in [-0.15, -0.1) is 0 Å². The fourth-order valence-corrected chi connectivity index (χ4v) is 16.8. The number of piperazine rings is 1. The Morgan fingerprint density at radius 3 is 1.30 bits per heavy atom. The van der Waals surface area contributed by atoms with Crippen LogP contribution in [-0.4, -0.2) is 180 Å². The molecule has 4 aliphatic rings. The number of aryl methyl sites for hydroxylation is 2. The van der Waals surface area contributed by atoms with Crippen LogP contribution in [0, 0.1) is 60.2 Å². The van der Waals surface area contributed by atoms with Gasteiger partial charge in [-0.25, -0.2) is 19.9 Å². The first-order valence-corrected chi connectivity index (χ1v) is 48.4. The number of likely N-dealkylation sites (tertiary alicyclic amines) is 2. The van der Waals surface area contributed by atoms with Crippen LogP contribution in [0.4, 0.5) is 5.69 Å². The number of piperidine rings is 2. The fourth-order valence-electron chi connectivity index (χ4n) is 16.3. The maximum absolute atomic E-state index is 12.6.